The number of fused-ring (bicyclic) bond motifs is 1. The Morgan fingerprint density at radius 3 is 2.73 bits per heavy atom. The van der Waals surface area contributed by atoms with E-state index < -0.39 is 0 Å². The Kier molecular flexibility index (Phi) is 2.61. The molecule has 0 aliphatic rings. The van der Waals surface area contributed by atoms with Crippen LogP contribution >= 0.6 is 27.5 Å². The molecule has 0 spiro atoms. The van der Waals surface area contributed by atoms with E-state index in [9.17, 15) is 4.79 Å². The lowest BCUT2D eigenvalue weighted by atomic mass is 10.1. The number of hydrogen-bond donors (Lipinski definition) is 0. The molecule has 0 amide bonds. The van der Waals surface area contributed by atoms with E-state index in [0.717, 1.165) is 15.4 Å². The highest BCUT2D eigenvalue weighted by molar-refractivity contribution is 9.10. The molecule has 1 aromatic carbocycles. The van der Waals surface area contributed by atoms with Crippen molar-refractivity contribution in [2.24, 2.45) is 7.05 Å². The topological polar surface area (TPSA) is 22.0 Å². The third-order valence-electron chi connectivity index (χ3n) is 2.51. The van der Waals surface area contributed by atoms with Crippen molar-refractivity contribution in [2.75, 3.05) is 0 Å². The number of hydrogen-bond acceptors (Lipinski definition) is 1. The number of pyridine rings is 1. The molecule has 0 bridgehead atoms. The summed E-state index contributed by atoms with van der Waals surface area (Å²) in [5.41, 5.74) is 1.38. The fourth-order valence-corrected chi connectivity index (χ4v) is 2.21. The van der Waals surface area contributed by atoms with Gasteiger partial charge in [-0.3, -0.25) is 4.79 Å². The van der Waals surface area contributed by atoms with Crippen molar-refractivity contribution >= 4 is 38.4 Å². The molecule has 4 heteroatoms. The van der Waals surface area contributed by atoms with Crippen LogP contribution in [0, 0.1) is 6.92 Å². The van der Waals surface area contributed by atoms with Crippen LogP contribution < -0.4 is 5.56 Å². The molecule has 78 valence electrons. The van der Waals surface area contributed by atoms with Gasteiger partial charge in [-0.2, -0.15) is 0 Å². The first-order chi connectivity index (χ1) is 7.02. The molecular weight excluding hydrogens is 277 g/mol. The van der Waals surface area contributed by atoms with Crippen molar-refractivity contribution in [3.63, 3.8) is 0 Å². The van der Waals surface area contributed by atoms with Gasteiger partial charge in [0, 0.05) is 22.5 Å². The van der Waals surface area contributed by atoms with E-state index >= 15 is 0 Å². The molecule has 0 unspecified atom stereocenters. The normalized spacial score (nSPS) is 10.9. The van der Waals surface area contributed by atoms with Crippen molar-refractivity contribution < 1.29 is 0 Å². The molecule has 2 aromatic rings. The largest absolute Gasteiger partial charge is 0.311 e. The molecule has 1 aromatic heterocycles. The lowest BCUT2D eigenvalue weighted by molar-refractivity contribution is 0.893. The minimum absolute atomic E-state index is 0.0504. The molecule has 0 fully saturated rings. The van der Waals surface area contributed by atoms with Gasteiger partial charge in [0.05, 0.1) is 10.5 Å². The van der Waals surface area contributed by atoms with Gasteiger partial charge >= 0.3 is 0 Å². The van der Waals surface area contributed by atoms with Crippen LogP contribution in [-0.2, 0) is 7.05 Å². The quantitative estimate of drug-likeness (QED) is 0.728. The molecule has 15 heavy (non-hydrogen) atoms. The Morgan fingerprint density at radius 2 is 2.07 bits per heavy atom. The Bertz CT molecular complexity index is 604. The van der Waals surface area contributed by atoms with Crippen molar-refractivity contribution in [2.45, 2.75) is 6.92 Å². The zero-order valence-electron chi connectivity index (χ0n) is 8.34. The van der Waals surface area contributed by atoms with Crippen molar-refractivity contribution in [3.8, 4) is 0 Å². The number of nitrogens with zero attached hydrogens (tertiary/aromatic N) is 1. The summed E-state index contributed by atoms with van der Waals surface area (Å²) >= 11 is 9.50. The van der Waals surface area contributed by atoms with E-state index in [1.165, 1.54) is 0 Å². The number of aromatic nitrogens is 1. The molecule has 0 N–H and O–H groups in total. The molecule has 0 aliphatic heterocycles. The predicted molar refractivity (Wildman–Crippen MR) is 66.6 cm³/mol. The van der Waals surface area contributed by atoms with Crippen molar-refractivity contribution in [3.05, 3.63) is 43.6 Å². The maximum atomic E-state index is 11.8. The molecule has 0 saturated heterocycles. The van der Waals surface area contributed by atoms with Gasteiger partial charge < -0.3 is 4.57 Å². The Morgan fingerprint density at radius 1 is 1.40 bits per heavy atom. The summed E-state index contributed by atoms with van der Waals surface area (Å²) in [6.45, 7) is 1.74. The van der Waals surface area contributed by atoms with E-state index in [0.29, 0.717) is 10.6 Å². The second-order valence-electron chi connectivity index (χ2n) is 3.46. The third kappa shape index (κ3) is 1.60. The summed E-state index contributed by atoms with van der Waals surface area (Å²) in [5, 5.41) is 1.44. The molecule has 2 rings (SSSR count). The van der Waals surface area contributed by atoms with Crippen LogP contribution in [0.1, 0.15) is 5.56 Å². The lowest BCUT2D eigenvalue weighted by Gasteiger charge is -2.09. The van der Waals surface area contributed by atoms with Gasteiger partial charge in [0.1, 0.15) is 0 Å². The SMILES string of the molecule is Cc1c(Cl)c2ccc(Br)cc2n(C)c1=O. The van der Waals surface area contributed by atoms with Crippen LogP contribution in [0.5, 0.6) is 0 Å². The summed E-state index contributed by atoms with van der Waals surface area (Å²) < 4.78 is 2.55. The van der Waals surface area contributed by atoms with Crippen LogP contribution in [0.3, 0.4) is 0 Å². The number of benzene rings is 1. The number of aryl methyl sites for hydroxylation is 1. The molecular formula is C11H9BrClNO. The predicted octanol–water partition coefficient (Wildman–Crippen LogP) is 3.26. The Balaban J connectivity index is 3.07. The van der Waals surface area contributed by atoms with E-state index in [4.69, 9.17) is 11.6 Å². The van der Waals surface area contributed by atoms with Gasteiger partial charge in [-0.15, -0.1) is 0 Å². The molecule has 2 nitrogen and oxygen atoms in total. The minimum atomic E-state index is -0.0504. The maximum absolute atomic E-state index is 11.8. The van der Waals surface area contributed by atoms with E-state index in [-0.39, 0.29) is 5.56 Å². The highest BCUT2D eigenvalue weighted by Crippen LogP contribution is 2.26. The summed E-state index contributed by atoms with van der Waals surface area (Å²) in [5.74, 6) is 0. The van der Waals surface area contributed by atoms with Gasteiger partial charge in [0.2, 0.25) is 0 Å². The maximum Gasteiger partial charge on any atom is 0.255 e. The summed E-state index contributed by atoms with van der Waals surface area (Å²) in [7, 11) is 1.75. The number of halogens is 2. The zero-order chi connectivity index (χ0) is 11.2. The van der Waals surface area contributed by atoms with E-state index in [1.54, 1.807) is 18.5 Å². The van der Waals surface area contributed by atoms with Crippen LogP contribution in [0.2, 0.25) is 5.02 Å². The summed E-state index contributed by atoms with van der Waals surface area (Å²) in [6.07, 6.45) is 0. The molecule has 0 aliphatic carbocycles. The van der Waals surface area contributed by atoms with Gasteiger partial charge in [0.15, 0.2) is 0 Å². The highest BCUT2D eigenvalue weighted by atomic mass is 79.9. The minimum Gasteiger partial charge on any atom is -0.311 e. The average Bonchev–Trinajstić information content (AvgIpc) is 2.23. The first-order valence-corrected chi connectivity index (χ1v) is 5.64. The van der Waals surface area contributed by atoms with Crippen LogP contribution in [0.25, 0.3) is 10.9 Å². The lowest BCUT2D eigenvalue weighted by Crippen LogP contribution is -2.19. The van der Waals surface area contributed by atoms with Gasteiger partial charge in [-0.05, 0) is 19.1 Å². The smallest absolute Gasteiger partial charge is 0.255 e. The van der Waals surface area contributed by atoms with Crippen LogP contribution in [0.4, 0.5) is 0 Å². The van der Waals surface area contributed by atoms with Crippen molar-refractivity contribution in [1.82, 2.24) is 4.57 Å². The summed E-state index contributed by atoms with van der Waals surface area (Å²) in [4.78, 5) is 11.8. The highest BCUT2D eigenvalue weighted by Gasteiger charge is 2.09. The molecule has 0 radical (unpaired) electrons. The average molecular weight is 287 g/mol. The van der Waals surface area contributed by atoms with Gasteiger partial charge in [-0.25, -0.2) is 0 Å². The fourth-order valence-electron chi connectivity index (χ4n) is 1.62. The van der Waals surface area contributed by atoms with Crippen molar-refractivity contribution in [1.29, 1.82) is 0 Å². The van der Waals surface area contributed by atoms with E-state index in [1.807, 2.05) is 18.2 Å². The monoisotopic (exact) mass is 285 g/mol. The molecule has 0 atom stereocenters. The van der Waals surface area contributed by atoms with Gasteiger partial charge in [0.25, 0.3) is 5.56 Å². The first kappa shape index (κ1) is 10.7. The zero-order valence-corrected chi connectivity index (χ0v) is 10.7. The number of rotatable bonds is 0. The Hall–Kier alpha value is -0.800. The Labute approximate surface area is 101 Å². The van der Waals surface area contributed by atoms with Crippen LogP contribution in [0.15, 0.2) is 27.5 Å². The van der Waals surface area contributed by atoms with Gasteiger partial charge in [-0.1, -0.05) is 33.6 Å². The van der Waals surface area contributed by atoms with Crippen LogP contribution in [-0.4, -0.2) is 4.57 Å². The second-order valence-corrected chi connectivity index (χ2v) is 4.76. The van der Waals surface area contributed by atoms with E-state index in [2.05, 4.69) is 15.9 Å². The summed E-state index contributed by atoms with van der Waals surface area (Å²) in [6, 6.07) is 5.72. The first-order valence-electron chi connectivity index (χ1n) is 4.46. The third-order valence-corrected chi connectivity index (χ3v) is 3.49. The molecule has 1 heterocycles. The second kappa shape index (κ2) is 3.65. The standard InChI is InChI=1S/C11H9BrClNO/c1-6-10(13)8-4-3-7(12)5-9(8)14(2)11(6)15/h3-5H,1-2H3. The molecule has 0 saturated carbocycles. The fraction of sp³-hybridized carbons (Fsp3) is 0.182.